The largest absolute Gasteiger partial charge is 0.465 e. The Morgan fingerprint density at radius 3 is 0.983 bits per heavy atom. The molecule has 0 rings (SSSR count). The molecule has 0 aliphatic carbocycles. The smallest absolute Gasteiger partial charge is 0.310 e. The molecule has 25 nitrogen and oxygen atoms in total. The molecule has 0 saturated heterocycles. The Labute approximate surface area is 757 Å². The van der Waals surface area contributed by atoms with Crippen molar-refractivity contribution in [2.45, 2.75) is 309 Å². The van der Waals surface area contributed by atoms with Gasteiger partial charge in [0, 0.05) is 41.2 Å². The minimum absolute atomic E-state index is 0.145. The van der Waals surface area contributed by atoms with E-state index in [0.29, 0.717) is 25.0 Å². The van der Waals surface area contributed by atoms with Gasteiger partial charge in [0.15, 0.2) is 8.32 Å². The summed E-state index contributed by atoms with van der Waals surface area (Å²) in [6.45, 7) is 55.4. The van der Waals surface area contributed by atoms with Gasteiger partial charge in [0.25, 0.3) is 0 Å². The van der Waals surface area contributed by atoms with Crippen LogP contribution in [0.1, 0.15) is 231 Å². The van der Waals surface area contributed by atoms with E-state index < -0.39 is 192 Å². The molecule has 696 valence electrons. The summed E-state index contributed by atoms with van der Waals surface area (Å²) in [6.07, 6.45) is 0.0264. The lowest BCUT2D eigenvalue weighted by molar-refractivity contribution is -0.168. The van der Waals surface area contributed by atoms with Gasteiger partial charge in [-0.15, -0.1) is 0 Å². The highest BCUT2D eigenvalue weighted by Gasteiger charge is 2.51. The zero-order chi connectivity index (χ0) is 92.9. The Morgan fingerprint density at radius 2 is 0.672 bits per heavy atom. The van der Waals surface area contributed by atoms with Crippen molar-refractivity contribution in [3.8, 4) is 0 Å². The number of aliphatic hydroxyl groups excluding tert-OH is 4. The lowest BCUT2D eigenvalue weighted by Gasteiger charge is -2.50. The third-order valence-corrected chi connectivity index (χ3v) is 38.9. The first-order chi connectivity index (χ1) is 54.0. The van der Waals surface area contributed by atoms with E-state index in [0.717, 1.165) is 6.04 Å². The number of carbonyl (C=O) groups excluding carboxylic acids is 10. The van der Waals surface area contributed by atoms with E-state index in [9.17, 15) is 68.4 Å². The summed E-state index contributed by atoms with van der Waals surface area (Å²) >= 11 is 17.2. The molecule has 4 N–H and O–H groups in total. The SMILES string of the molecule is CC(CSCC(COC(=O)C(C)C(C)(C)CC(C(=O)OCCO)C(C)(C)Br)OC(=O)C(C)C(C)(C)CC(OC(=O)CCO)C(C)(C)Br)C(=O)OCCC[Si](C)(C)C(C)(C)O[Si](C)(C)C(C)(C)CCCOC(=O)C(C)CSCC(COC(=O)C(C)C(C)(C)CC(C(=O)OCCO)C(C)(C)Br)OC(=O)C(C)C(C)(C)CC(C(=O)OCCO)C(C)(C)Br. The van der Waals surface area contributed by atoms with Crippen LogP contribution in [-0.4, -0.2) is 233 Å². The molecule has 0 aliphatic heterocycles. The molecular weight excluding hydrogens is 1870 g/mol. The standard InChI is InChI=1S/C86H154Br4O25S2Si2/c1-55(51-116-53-61(112-72(100)59(5)79(11,12)47-65(84(21,22)89)76(104)109-43-38-94)49-110-70(98)57(3)77(7,8)45-63(82(17,18)87)74(102)107-41-36-92)68(96)105-39-31-34-81(15,16)119(29,30)115-86(25,26)118(27,28)44-32-40-106-69(97)56(2)52-117-54-62(113-73(101)60(6)80(13,14)48-66(85(23,24)90)114-67(95)33-35-91)50-111-71(99)58(4)78(9,10)46-64(83(19,20)88)75(103)108-42-37-93/h55-66,91-94H,31-54H2,1-30H3. The van der Waals surface area contributed by atoms with E-state index in [1.54, 1.807) is 41.5 Å². The van der Waals surface area contributed by atoms with Gasteiger partial charge in [-0.05, 0) is 154 Å². The number of ether oxygens (including phenoxy) is 10. The van der Waals surface area contributed by atoms with Crippen LogP contribution in [0.25, 0.3) is 0 Å². The lowest BCUT2D eigenvalue weighted by atomic mass is 9.71. The van der Waals surface area contributed by atoms with E-state index in [-0.39, 0.29) is 127 Å². The highest BCUT2D eigenvalue weighted by atomic mass is 79.9. The highest BCUT2D eigenvalue weighted by Crippen LogP contribution is 2.49. The second-order valence-corrected chi connectivity index (χ2v) is 59.8. The number of carbonyl (C=O) groups is 10. The zero-order valence-electron chi connectivity index (χ0n) is 77.6. The first-order valence-corrected chi connectivity index (χ1v) is 53.4. The van der Waals surface area contributed by atoms with Crippen molar-refractivity contribution in [3.63, 3.8) is 0 Å². The molecular formula is C86H154Br4O25S2Si2. The van der Waals surface area contributed by atoms with Crippen LogP contribution in [0.5, 0.6) is 0 Å². The molecule has 0 radical (unpaired) electrons. The first kappa shape index (κ1) is 117. The summed E-state index contributed by atoms with van der Waals surface area (Å²) in [6, 6.07) is 0.799. The number of hydrogen-bond acceptors (Lipinski definition) is 27. The molecule has 0 aromatic heterocycles. The number of esters is 10. The van der Waals surface area contributed by atoms with Gasteiger partial charge in [0.05, 0.1) is 112 Å². The minimum atomic E-state index is -2.51. The van der Waals surface area contributed by atoms with Crippen LogP contribution in [0.4, 0.5) is 0 Å². The third-order valence-electron chi connectivity index (χ3n) is 24.4. The molecule has 119 heavy (non-hydrogen) atoms. The number of hydrogen-bond donors (Lipinski definition) is 4. The molecule has 12 atom stereocenters. The van der Waals surface area contributed by atoms with Crippen LogP contribution < -0.4 is 0 Å². The number of aliphatic hydroxyl groups is 4. The van der Waals surface area contributed by atoms with Gasteiger partial charge >= 0.3 is 59.7 Å². The van der Waals surface area contributed by atoms with Crippen molar-refractivity contribution >= 4 is 163 Å². The lowest BCUT2D eigenvalue weighted by Crippen LogP contribution is -2.59. The van der Waals surface area contributed by atoms with Crippen molar-refractivity contribution in [1.82, 2.24) is 0 Å². The summed E-state index contributed by atoms with van der Waals surface area (Å²) < 4.78 is 62.2. The van der Waals surface area contributed by atoms with Crippen LogP contribution in [0, 0.1) is 74.9 Å². The number of rotatable bonds is 60. The second-order valence-electron chi connectivity index (χ2n) is 39.4. The number of thioether (sulfide) groups is 2. The first-order valence-electron chi connectivity index (χ1n) is 41.8. The van der Waals surface area contributed by atoms with E-state index in [4.69, 9.17) is 51.8 Å². The summed E-state index contributed by atoms with van der Waals surface area (Å²) in [5.41, 5.74) is -3.22. The molecule has 0 heterocycles. The van der Waals surface area contributed by atoms with Gasteiger partial charge < -0.3 is 72.2 Å². The number of alkyl halides is 4. The minimum Gasteiger partial charge on any atom is -0.465 e. The average molecular weight is 2030 g/mol. The van der Waals surface area contributed by atoms with Gasteiger partial charge in [0.2, 0.25) is 0 Å². The molecule has 0 bridgehead atoms. The van der Waals surface area contributed by atoms with Crippen molar-refractivity contribution in [3.05, 3.63) is 0 Å². The highest BCUT2D eigenvalue weighted by molar-refractivity contribution is 9.10. The van der Waals surface area contributed by atoms with Crippen molar-refractivity contribution in [1.29, 1.82) is 0 Å². The Balaban J connectivity index is 6.27. The Kier molecular flexibility index (Phi) is 49.9. The van der Waals surface area contributed by atoms with Crippen LogP contribution >= 0.6 is 87.2 Å². The quantitative estimate of drug-likeness (QED) is 0.0144. The summed E-state index contributed by atoms with van der Waals surface area (Å²) in [4.78, 5) is 136. The van der Waals surface area contributed by atoms with Crippen LogP contribution in [0.2, 0.25) is 37.3 Å². The van der Waals surface area contributed by atoms with E-state index in [1.807, 2.05) is 111 Å². The van der Waals surface area contributed by atoms with Crippen molar-refractivity contribution in [2.75, 3.05) is 95.7 Å². The molecule has 0 aliphatic rings. The zero-order valence-corrected chi connectivity index (χ0v) is 87.6. The van der Waals surface area contributed by atoms with Crippen molar-refractivity contribution < 1.29 is 120 Å². The molecule has 0 aromatic carbocycles. The Hall–Kier alpha value is -2.45. The molecule has 0 saturated carbocycles. The van der Waals surface area contributed by atoms with Gasteiger partial charge in [-0.3, -0.25) is 47.9 Å². The van der Waals surface area contributed by atoms with E-state index >= 15 is 0 Å². The predicted octanol–water partition coefficient (Wildman–Crippen LogP) is 16.6. The fraction of sp³-hybridized carbons (Fsp3) is 0.884. The topological polar surface area (TPSA) is 353 Å². The molecule has 0 amide bonds. The fourth-order valence-electron chi connectivity index (χ4n) is 12.8. The predicted molar refractivity (Wildman–Crippen MR) is 488 cm³/mol. The summed E-state index contributed by atoms with van der Waals surface area (Å²) in [5, 5.41) is 36.7. The Morgan fingerprint density at radius 1 is 0.361 bits per heavy atom. The maximum Gasteiger partial charge on any atom is 0.310 e. The van der Waals surface area contributed by atoms with Gasteiger partial charge in [0.1, 0.15) is 51.3 Å². The number of halogens is 4. The normalized spacial score (nSPS) is 16.3. The van der Waals surface area contributed by atoms with Gasteiger partial charge in [-0.25, -0.2) is 0 Å². The van der Waals surface area contributed by atoms with Crippen LogP contribution in [0.15, 0.2) is 0 Å². The molecule has 0 aromatic rings. The second kappa shape index (κ2) is 50.9. The van der Waals surface area contributed by atoms with Gasteiger partial charge in [-0.2, -0.15) is 23.5 Å². The summed E-state index contributed by atoms with van der Waals surface area (Å²) in [7, 11) is -4.72. The molecule has 0 fully saturated rings. The molecule has 12 unspecified atom stereocenters. The van der Waals surface area contributed by atoms with Crippen LogP contribution in [0.3, 0.4) is 0 Å². The molecule has 33 heteroatoms. The van der Waals surface area contributed by atoms with Gasteiger partial charge in [-0.1, -0.05) is 194 Å². The fourth-order valence-corrected chi connectivity index (χ4v) is 22.0. The summed E-state index contributed by atoms with van der Waals surface area (Å²) in [5.74, 6) is -10.6. The monoisotopic (exact) mass is 2020 g/mol. The van der Waals surface area contributed by atoms with E-state index in [1.165, 1.54) is 23.5 Å². The Bertz CT molecular complexity index is 3180. The average Bonchev–Trinajstić information content (AvgIpc) is 0.767. The third kappa shape index (κ3) is 41.0. The van der Waals surface area contributed by atoms with E-state index in [2.05, 4.69) is 118 Å². The maximum atomic E-state index is 14.2. The van der Waals surface area contributed by atoms with Crippen molar-refractivity contribution in [2.24, 2.45) is 74.9 Å². The molecule has 0 spiro atoms. The maximum absolute atomic E-state index is 14.2. The van der Waals surface area contributed by atoms with Crippen LogP contribution in [-0.2, 0) is 99.7 Å².